The number of hydrogen-bond donors (Lipinski definition) is 3. The number of carboxylic acids is 1. The van der Waals surface area contributed by atoms with Gasteiger partial charge in [-0.1, -0.05) is 6.42 Å². The lowest BCUT2D eigenvalue weighted by Gasteiger charge is -2.15. The van der Waals surface area contributed by atoms with E-state index in [1.807, 2.05) is 0 Å². The number of nitrogens with zero attached hydrogens (tertiary/aromatic N) is 1. The summed E-state index contributed by atoms with van der Waals surface area (Å²) in [7, 11) is 0. The van der Waals surface area contributed by atoms with Crippen molar-refractivity contribution in [2.45, 2.75) is 19.3 Å². The summed E-state index contributed by atoms with van der Waals surface area (Å²) in [4.78, 5) is 33.6. The lowest BCUT2D eigenvalue weighted by Crippen LogP contribution is -2.33. The highest BCUT2D eigenvalue weighted by Crippen LogP contribution is 2.31. The number of hydrogen-bond acceptors (Lipinski definition) is 4. The Morgan fingerprint density at radius 2 is 2.21 bits per heavy atom. The molecule has 1 saturated carbocycles. The monoisotopic (exact) mass is 265 g/mol. The van der Waals surface area contributed by atoms with Crippen molar-refractivity contribution in [3.8, 4) is 0 Å². The summed E-state index contributed by atoms with van der Waals surface area (Å²) in [6.45, 7) is 0.316. The topological polar surface area (TPSA) is 112 Å². The van der Waals surface area contributed by atoms with Crippen molar-refractivity contribution < 1.29 is 14.7 Å². The molecule has 7 nitrogen and oxygen atoms in total. The molecule has 19 heavy (non-hydrogen) atoms. The number of carboxylic acid groups (broad SMARTS) is 1. The molecule has 1 fully saturated rings. The maximum atomic E-state index is 11.7. The molecule has 1 aliphatic carbocycles. The van der Waals surface area contributed by atoms with Crippen LogP contribution in [0.5, 0.6) is 0 Å². The number of aromatic amines is 1. The first kappa shape index (κ1) is 13.3. The number of rotatable bonds is 4. The van der Waals surface area contributed by atoms with E-state index in [1.54, 1.807) is 0 Å². The van der Waals surface area contributed by atoms with Crippen LogP contribution in [0.2, 0.25) is 0 Å². The van der Waals surface area contributed by atoms with Crippen molar-refractivity contribution in [3.05, 3.63) is 28.2 Å². The van der Waals surface area contributed by atoms with E-state index in [0.29, 0.717) is 13.0 Å². The molecule has 0 spiro atoms. The van der Waals surface area contributed by atoms with Gasteiger partial charge in [0.1, 0.15) is 5.69 Å². The van der Waals surface area contributed by atoms with Crippen LogP contribution in [-0.2, 0) is 4.79 Å². The fourth-order valence-corrected chi connectivity index (χ4v) is 2.39. The average molecular weight is 265 g/mol. The van der Waals surface area contributed by atoms with Gasteiger partial charge in [-0.2, -0.15) is 5.10 Å². The summed E-state index contributed by atoms with van der Waals surface area (Å²) in [6, 6.07) is 2.55. The Kier molecular flexibility index (Phi) is 3.94. The fraction of sp³-hybridized carbons (Fsp3) is 0.500. The number of aliphatic carboxylic acids is 1. The highest BCUT2D eigenvalue weighted by atomic mass is 16.4. The van der Waals surface area contributed by atoms with Crippen LogP contribution >= 0.6 is 0 Å². The normalized spacial score (nSPS) is 22.1. The summed E-state index contributed by atoms with van der Waals surface area (Å²) in [5.41, 5.74) is -0.261. The van der Waals surface area contributed by atoms with Crippen LogP contribution in [0.3, 0.4) is 0 Å². The molecule has 2 unspecified atom stereocenters. The van der Waals surface area contributed by atoms with Gasteiger partial charge in [-0.3, -0.25) is 14.4 Å². The molecule has 0 aromatic carbocycles. The molecule has 3 N–H and O–H groups in total. The first-order valence-electron chi connectivity index (χ1n) is 6.14. The molecule has 0 aliphatic heterocycles. The average Bonchev–Trinajstić information content (AvgIpc) is 2.85. The quantitative estimate of drug-likeness (QED) is 0.709. The summed E-state index contributed by atoms with van der Waals surface area (Å²) < 4.78 is 0. The van der Waals surface area contributed by atoms with Crippen LogP contribution < -0.4 is 10.9 Å². The molecule has 1 aromatic heterocycles. The van der Waals surface area contributed by atoms with Crippen LogP contribution in [-0.4, -0.2) is 33.7 Å². The van der Waals surface area contributed by atoms with E-state index >= 15 is 0 Å². The second-order valence-corrected chi connectivity index (χ2v) is 4.65. The second-order valence-electron chi connectivity index (χ2n) is 4.65. The molecule has 7 heteroatoms. The Hall–Kier alpha value is -2.18. The van der Waals surface area contributed by atoms with Crippen molar-refractivity contribution in [1.29, 1.82) is 0 Å². The van der Waals surface area contributed by atoms with Gasteiger partial charge in [0.2, 0.25) is 0 Å². The van der Waals surface area contributed by atoms with Gasteiger partial charge < -0.3 is 10.4 Å². The van der Waals surface area contributed by atoms with Crippen molar-refractivity contribution in [2.75, 3.05) is 6.54 Å². The Morgan fingerprint density at radius 3 is 2.84 bits per heavy atom. The third-order valence-corrected chi connectivity index (χ3v) is 3.41. The number of carbonyl (C=O) groups is 2. The van der Waals surface area contributed by atoms with E-state index in [0.717, 1.165) is 12.8 Å². The van der Waals surface area contributed by atoms with E-state index in [4.69, 9.17) is 5.11 Å². The van der Waals surface area contributed by atoms with Crippen molar-refractivity contribution >= 4 is 11.9 Å². The number of aromatic nitrogens is 2. The summed E-state index contributed by atoms with van der Waals surface area (Å²) >= 11 is 0. The second kappa shape index (κ2) is 5.64. The Morgan fingerprint density at radius 1 is 1.42 bits per heavy atom. The summed E-state index contributed by atoms with van der Waals surface area (Å²) in [5, 5.41) is 17.5. The minimum atomic E-state index is -0.807. The number of nitrogens with one attached hydrogen (secondary N) is 2. The largest absolute Gasteiger partial charge is 0.481 e. The Labute approximate surface area is 109 Å². The molecule has 102 valence electrons. The van der Waals surface area contributed by atoms with Crippen LogP contribution in [0.25, 0.3) is 0 Å². The molecule has 0 saturated heterocycles. The van der Waals surface area contributed by atoms with E-state index in [9.17, 15) is 14.4 Å². The van der Waals surface area contributed by atoms with Gasteiger partial charge in [-0.25, -0.2) is 5.10 Å². The molecule has 2 atom stereocenters. The minimum absolute atomic E-state index is 0.0378. The third kappa shape index (κ3) is 3.18. The smallest absolute Gasteiger partial charge is 0.306 e. The molecule has 0 radical (unpaired) electrons. The van der Waals surface area contributed by atoms with Gasteiger partial charge in [0, 0.05) is 12.6 Å². The highest BCUT2D eigenvalue weighted by Gasteiger charge is 2.32. The van der Waals surface area contributed by atoms with E-state index in [1.165, 1.54) is 12.1 Å². The predicted octanol–water partition coefficient (Wildman–Crippen LogP) is 0.000600. The zero-order chi connectivity index (χ0) is 13.8. The lowest BCUT2D eigenvalue weighted by atomic mass is 9.96. The van der Waals surface area contributed by atoms with Gasteiger partial charge in [-0.15, -0.1) is 0 Å². The van der Waals surface area contributed by atoms with Crippen LogP contribution in [0.15, 0.2) is 16.9 Å². The molecule has 0 bridgehead atoms. The van der Waals surface area contributed by atoms with E-state index < -0.39 is 11.9 Å². The number of amides is 1. The van der Waals surface area contributed by atoms with Gasteiger partial charge in [0.05, 0.1) is 5.92 Å². The van der Waals surface area contributed by atoms with Crippen LogP contribution in [0.4, 0.5) is 0 Å². The Bertz CT molecular complexity index is 520. The third-order valence-electron chi connectivity index (χ3n) is 3.41. The van der Waals surface area contributed by atoms with Crippen molar-refractivity contribution in [3.63, 3.8) is 0 Å². The number of H-pyrrole nitrogens is 1. The summed E-state index contributed by atoms with van der Waals surface area (Å²) in [6.07, 6.45) is 2.33. The predicted molar refractivity (Wildman–Crippen MR) is 65.7 cm³/mol. The number of carbonyl (C=O) groups excluding carboxylic acids is 1. The fourth-order valence-electron chi connectivity index (χ4n) is 2.39. The first-order valence-corrected chi connectivity index (χ1v) is 6.14. The zero-order valence-corrected chi connectivity index (χ0v) is 10.3. The Balaban J connectivity index is 1.91. The van der Waals surface area contributed by atoms with Crippen LogP contribution in [0, 0.1) is 11.8 Å². The van der Waals surface area contributed by atoms with E-state index in [-0.39, 0.29) is 23.1 Å². The van der Waals surface area contributed by atoms with Crippen molar-refractivity contribution in [2.24, 2.45) is 11.8 Å². The molecule has 2 rings (SSSR count). The van der Waals surface area contributed by atoms with Gasteiger partial charge >= 0.3 is 5.97 Å². The summed E-state index contributed by atoms with van der Waals surface area (Å²) in [5.74, 6) is -1.64. The molecule has 1 aliphatic rings. The van der Waals surface area contributed by atoms with Crippen molar-refractivity contribution in [1.82, 2.24) is 15.5 Å². The SMILES string of the molecule is O=C(NCC1CCCC1C(=O)O)c1ccc(=O)[nH]n1. The molecule has 1 aromatic rings. The molecular weight excluding hydrogens is 250 g/mol. The van der Waals surface area contributed by atoms with Gasteiger partial charge in [0.25, 0.3) is 11.5 Å². The van der Waals surface area contributed by atoms with Gasteiger partial charge in [0.15, 0.2) is 0 Å². The van der Waals surface area contributed by atoms with E-state index in [2.05, 4.69) is 15.5 Å². The minimum Gasteiger partial charge on any atom is -0.481 e. The molecule has 1 amide bonds. The standard InChI is InChI=1S/C12H15N3O4/c16-10-5-4-9(14-15-10)11(17)13-6-7-2-1-3-8(7)12(18)19/h4-5,7-8H,1-3,6H2,(H,13,17)(H,15,16)(H,18,19). The molecule has 1 heterocycles. The highest BCUT2D eigenvalue weighted by molar-refractivity contribution is 5.92. The van der Waals surface area contributed by atoms with Crippen LogP contribution in [0.1, 0.15) is 29.8 Å². The lowest BCUT2D eigenvalue weighted by molar-refractivity contribution is -0.142. The van der Waals surface area contributed by atoms with Gasteiger partial charge in [-0.05, 0) is 24.8 Å². The first-order chi connectivity index (χ1) is 9.08. The maximum absolute atomic E-state index is 11.7. The maximum Gasteiger partial charge on any atom is 0.306 e. The zero-order valence-electron chi connectivity index (χ0n) is 10.3. The molecular formula is C12H15N3O4.